The third-order valence-electron chi connectivity index (χ3n) is 2.77. The zero-order valence-electron chi connectivity index (χ0n) is 10.7. The molecule has 0 radical (unpaired) electrons. The lowest BCUT2D eigenvalue weighted by molar-refractivity contribution is -0.130. The maximum atomic E-state index is 11.7. The number of carbonyl (C=O) groups excluding carboxylic acids is 1. The van der Waals surface area contributed by atoms with Crippen LogP contribution in [-0.2, 0) is 9.53 Å². The van der Waals surface area contributed by atoms with Crippen molar-refractivity contribution in [3.05, 3.63) is 59.7 Å². The molecule has 0 saturated heterocycles. The van der Waals surface area contributed by atoms with Crippen molar-refractivity contribution in [3.63, 3.8) is 0 Å². The van der Waals surface area contributed by atoms with E-state index in [1.165, 1.54) is 6.26 Å². The van der Waals surface area contributed by atoms with Crippen molar-refractivity contribution in [2.75, 3.05) is 7.11 Å². The molecular formula is C15H11NO4. The van der Waals surface area contributed by atoms with Gasteiger partial charge >= 0.3 is 5.97 Å². The highest BCUT2D eigenvalue weighted by molar-refractivity contribution is 6.11. The fourth-order valence-electron chi connectivity index (χ4n) is 1.77. The van der Waals surface area contributed by atoms with Crippen LogP contribution < -0.4 is 4.74 Å². The van der Waals surface area contributed by atoms with Gasteiger partial charge in [-0.25, -0.2) is 9.79 Å². The van der Waals surface area contributed by atoms with Crippen molar-refractivity contribution in [1.29, 1.82) is 0 Å². The van der Waals surface area contributed by atoms with Crippen molar-refractivity contribution in [1.82, 2.24) is 0 Å². The van der Waals surface area contributed by atoms with Gasteiger partial charge in [0.25, 0.3) is 5.90 Å². The fourth-order valence-corrected chi connectivity index (χ4v) is 1.77. The number of hydrogen-bond donors (Lipinski definition) is 0. The molecule has 0 bridgehead atoms. The first-order valence-corrected chi connectivity index (χ1v) is 5.97. The topological polar surface area (TPSA) is 61.0 Å². The Balaban J connectivity index is 1.88. The minimum absolute atomic E-state index is 0.180. The number of benzene rings is 1. The monoisotopic (exact) mass is 269 g/mol. The molecule has 5 heteroatoms. The van der Waals surface area contributed by atoms with Crippen LogP contribution in [0.15, 0.2) is 57.8 Å². The van der Waals surface area contributed by atoms with Crippen molar-refractivity contribution < 1.29 is 18.7 Å². The Morgan fingerprint density at radius 1 is 1.20 bits per heavy atom. The van der Waals surface area contributed by atoms with Crippen LogP contribution in [-0.4, -0.2) is 19.0 Å². The molecule has 20 heavy (non-hydrogen) atoms. The minimum Gasteiger partial charge on any atom is -0.497 e. The Morgan fingerprint density at radius 2 is 2.00 bits per heavy atom. The highest BCUT2D eigenvalue weighted by Crippen LogP contribution is 2.20. The van der Waals surface area contributed by atoms with Gasteiger partial charge in [0.1, 0.15) is 5.75 Å². The molecule has 2 aromatic rings. The van der Waals surface area contributed by atoms with Crippen molar-refractivity contribution in [2.24, 2.45) is 4.99 Å². The summed E-state index contributed by atoms with van der Waals surface area (Å²) >= 11 is 0. The molecule has 0 N–H and O–H groups in total. The van der Waals surface area contributed by atoms with E-state index in [1.54, 1.807) is 25.3 Å². The SMILES string of the molecule is COc1ccc(C=C2N=C(c3ccco3)OC2=O)cc1. The van der Waals surface area contributed by atoms with Gasteiger partial charge in [-0.2, -0.15) is 0 Å². The number of cyclic esters (lactones) is 1. The lowest BCUT2D eigenvalue weighted by Gasteiger charge is -1.99. The van der Waals surface area contributed by atoms with Crippen LogP contribution in [0, 0.1) is 0 Å². The molecule has 100 valence electrons. The standard InChI is InChI=1S/C15H11NO4/c1-18-11-6-4-10(5-7-11)9-12-15(17)20-14(16-12)13-3-2-8-19-13/h2-9H,1H3. The molecule has 3 rings (SSSR count). The van der Waals surface area contributed by atoms with Crippen LogP contribution in [0.1, 0.15) is 11.3 Å². The number of esters is 1. The Bertz CT molecular complexity index is 681. The molecule has 1 aliphatic rings. The summed E-state index contributed by atoms with van der Waals surface area (Å²) < 4.78 is 15.3. The third-order valence-corrected chi connectivity index (χ3v) is 2.77. The maximum Gasteiger partial charge on any atom is 0.363 e. The molecule has 1 aromatic carbocycles. The molecule has 0 fully saturated rings. The fraction of sp³-hybridized carbons (Fsp3) is 0.0667. The molecule has 1 aromatic heterocycles. The molecule has 0 amide bonds. The van der Waals surface area contributed by atoms with Gasteiger partial charge in [-0.3, -0.25) is 0 Å². The number of ether oxygens (including phenoxy) is 2. The summed E-state index contributed by atoms with van der Waals surface area (Å²) in [5, 5.41) is 0. The predicted molar refractivity (Wildman–Crippen MR) is 72.3 cm³/mol. The van der Waals surface area contributed by atoms with Gasteiger partial charge in [-0.05, 0) is 35.9 Å². The Morgan fingerprint density at radius 3 is 2.65 bits per heavy atom. The maximum absolute atomic E-state index is 11.7. The molecule has 0 spiro atoms. The average Bonchev–Trinajstić information content (AvgIpc) is 3.10. The summed E-state index contributed by atoms with van der Waals surface area (Å²) in [5.74, 6) is 0.865. The first-order chi connectivity index (χ1) is 9.76. The third kappa shape index (κ3) is 2.33. The lowest BCUT2D eigenvalue weighted by Crippen LogP contribution is -2.04. The van der Waals surface area contributed by atoms with E-state index in [0.717, 1.165) is 11.3 Å². The molecule has 1 aliphatic heterocycles. The summed E-state index contributed by atoms with van der Waals surface area (Å²) in [6.45, 7) is 0. The van der Waals surface area contributed by atoms with Gasteiger partial charge in [0.15, 0.2) is 11.5 Å². The number of hydrogen-bond acceptors (Lipinski definition) is 5. The van der Waals surface area contributed by atoms with Gasteiger partial charge < -0.3 is 13.9 Å². The first kappa shape index (κ1) is 12.2. The molecular weight excluding hydrogens is 258 g/mol. The molecule has 0 saturated carbocycles. The normalized spacial score (nSPS) is 16.1. The van der Waals surface area contributed by atoms with E-state index in [4.69, 9.17) is 13.9 Å². The van der Waals surface area contributed by atoms with Crippen molar-refractivity contribution in [2.45, 2.75) is 0 Å². The van der Waals surface area contributed by atoms with Crippen LogP contribution in [0.5, 0.6) is 5.75 Å². The van der Waals surface area contributed by atoms with Gasteiger partial charge in [0.05, 0.1) is 13.4 Å². The first-order valence-electron chi connectivity index (χ1n) is 5.97. The summed E-state index contributed by atoms with van der Waals surface area (Å²) in [4.78, 5) is 15.9. The van der Waals surface area contributed by atoms with Crippen LogP contribution in [0.2, 0.25) is 0 Å². The van der Waals surface area contributed by atoms with E-state index in [1.807, 2.05) is 24.3 Å². The zero-order chi connectivity index (χ0) is 13.9. The highest BCUT2D eigenvalue weighted by atomic mass is 16.6. The van der Waals surface area contributed by atoms with Crippen molar-refractivity contribution in [3.8, 4) is 5.75 Å². The second kappa shape index (κ2) is 5.05. The number of carbonyl (C=O) groups is 1. The van der Waals surface area contributed by atoms with Crippen LogP contribution >= 0.6 is 0 Å². The Kier molecular flexibility index (Phi) is 3.09. The molecule has 5 nitrogen and oxygen atoms in total. The average molecular weight is 269 g/mol. The number of aliphatic imine (C=N–C) groups is 1. The molecule has 0 atom stereocenters. The quantitative estimate of drug-likeness (QED) is 0.634. The van der Waals surface area contributed by atoms with Gasteiger partial charge in [-0.1, -0.05) is 12.1 Å². The number of rotatable bonds is 3. The van der Waals surface area contributed by atoms with E-state index in [-0.39, 0.29) is 11.6 Å². The minimum atomic E-state index is -0.493. The zero-order valence-corrected chi connectivity index (χ0v) is 10.7. The summed E-state index contributed by atoms with van der Waals surface area (Å²) in [6.07, 6.45) is 3.15. The predicted octanol–water partition coefficient (Wildman–Crippen LogP) is 2.63. The van der Waals surface area contributed by atoms with E-state index in [9.17, 15) is 4.79 Å². The summed E-state index contributed by atoms with van der Waals surface area (Å²) in [6, 6.07) is 10.7. The largest absolute Gasteiger partial charge is 0.497 e. The molecule has 0 unspecified atom stereocenters. The van der Waals surface area contributed by atoms with E-state index in [2.05, 4.69) is 4.99 Å². The molecule has 2 heterocycles. The van der Waals surface area contributed by atoms with Crippen molar-refractivity contribution >= 4 is 17.9 Å². The number of nitrogens with zero attached hydrogens (tertiary/aromatic N) is 1. The Labute approximate surface area is 115 Å². The second-order valence-electron chi connectivity index (χ2n) is 4.09. The van der Waals surface area contributed by atoms with Gasteiger partial charge in [-0.15, -0.1) is 0 Å². The number of methoxy groups -OCH3 is 1. The molecule has 0 aliphatic carbocycles. The second-order valence-corrected chi connectivity index (χ2v) is 4.09. The van der Waals surface area contributed by atoms with Crippen LogP contribution in [0.3, 0.4) is 0 Å². The lowest BCUT2D eigenvalue weighted by atomic mass is 10.2. The van der Waals surface area contributed by atoms with E-state index in [0.29, 0.717) is 5.76 Å². The van der Waals surface area contributed by atoms with Crippen LogP contribution in [0.4, 0.5) is 0 Å². The Hall–Kier alpha value is -2.82. The van der Waals surface area contributed by atoms with Gasteiger partial charge in [0, 0.05) is 0 Å². The summed E-state index contributed by atoms with van der Waals surface area (Å²) in [5.41, 5.74) is 1.07. The van der Waals surface area contributed by atoms with E-state index < -0.39 is 5.97 Å². The highest BCUT2D eigenvalue weighted by Gasteiger charge is 2.25. The number of furan rings is 1. The van der Waals surface area contributed by atoms with E-state index >= 15 is 0 Å². The smallest absolute Gasteiger partial charge is 0.363 e. The summed E-state index contributed by atoms with van der Waals surface area (Å²) in [7, 11) is 1.60. The van der Waals surface area contributed by atoms with Gasteiger partial charge in [0.2, 0.25) is 0 Å². The van der Waals surface area contributed by atoms with Crippen LogP contribution in [0.25, 0.3) is 6.08 Å².